The number of aryl methyl sites for hydroxylation is 2. The zero-order valence-corrected chi connectivity index (χ0v) is 18.7. The number of unbranched alkanes of at least 4 members (excludes halogenated alkanes) is 2. The Kier molecular flexibility index (Phi) is 7.06. The fraction of sp³-hybridized carbons (Fsp3) is 0.357. The van der Waals surface area contributed by atoms with Gasteiger partial charge in [-0.1, -0.05) is 62.2 Å². The van der Waals surface area contributed by atoms with Gasteiger partial charge in [0.25, 0.3) is 0 Å². The van der Waals surface area contributed by atoms with Crippen LogP contribution >= 0.6 is 0 Å². The van der Waals surface area contributed by atoms with E-state index in [1.54, 1.807) is 18.2 Å². The van der Waals surface area contributed by atoms with Gasteiger partial charge in [0.05, 0.1) is 0 Å². The van der Waals surface area contributed by atoms with E-state index in [1.165, 1.54) is 23.3 Å². The highest BCUT2D eigenvalue weighted by Gasteiger charge is 2.31. The zero-order chi connectivity index (χ0) is 23.4. The highest BCUT2D eigenvalue weighted by atomic mass is 19.4. The van der Waals surface area contributed by atoms with Crippen molar-refractivity contribution in [1.82, 2.24) is 0 Å². The monoisotopic (exact) mass is 456 g/mol. The molecule has 1 unspecified atom stereocenters. The van der Waals surface area contributed by atoms with Crippen LogP contribution in [0.2, 0.25) is 0 Å². The third kappa shape index (κ3) is 5.95. The van der Waals surface area contributed by atoms with Gasteiger partial charge in [0.1, 0.15) is 11.6 Å². The maximum Gasteiger partial charge on any atom is 0.573 e. The van der Waals surface area contributed by atoms with Crippen LogP contribution in [0.3, 0.4) is 0 Å². The van der Waals surface area contributed by atoms with Crippen LogP contribution in [0.15, 0.2) is 60.7 Å². The minimum absolute atomic E-state index is 0.102. The second kappa shape index (κ2) is 9.98. The van der Waals surface area contributed by atoms with E-state index in [0.29, 0.717) is 0 Å². The van der Waals surface area contributed by atoms with Crippen LogP contribution in [-0.4, -0.2) is 6.36 Å². The first-order valence-corrected chi connectivity index (χ1v) is 11.6. The van der Waals surface area contributed by atoms with Crippen molar-refractivity contribution < 1.29 is 22.3 Å². The molecule has 5 heteroatoms. The molecule has 0 radical (unpaired) electrons. The maximum absolute atomic E-state index is 14.9. The summed E-state index contributed by atoms with van der Waals surface area (Å²) >= 11 is 0. The Morgan fingerprint density at radius 3 is 2.33 bits per heavy atom. The van der Waals surface area contributed by atoms with Crippen molar-refractivity contribution in [2.24, 2.45) is 0 Å². The zero-order valence-electron chi connectivity index (χ0n) is 18.7. The fourth-order valence-corrected chi connectivity index (χ4v) is 4.69. The predicted octanol–water partition coefficient (Wildman–Crippen LogP) is 8.40. The Balaban J connectivity index is 1.45. The molecular weight excluding hydrogens is 428 g/mol. The van der Waals surface area contributed by atoms with Crippen molar-refractivity contribution in [3.8, 4) is 16.9 Å². The standard InChI is InChI=1S/C28H28F4O/c1-2-3-4-5-19-6-15-26(27(29)16-19)24-10-9-22-17-21(7-8-23(22)18-24)20-11-13-25(14-12-20)33-28(30,31)32/h6-8,11-17,24H,2-5,9-10,18H2,1H3. The van der Waals surface area contributed by atoms with E-state index in [2.05, 4.69) is 29.9 Å². The first kappa shape index (κ1) is 23.3. The fourth-order valence-electron chi connectivity index (χ4n) is 4.69. The molecule has 4 rings (SSSR count). The van der Waals surface area contributed by atoms with Gasteiger partial charge >= 0.3 is 6.36 Å². The van der Waals surface area contributed by atoms with Gasteiger partial charge in [-0.05, 0) is 89.6 Å². The molecule has 174 valence electrons. The van der Waals surface area contributed by atoms with Crippen molar-refractivity contribution in [2.75, 3.05) is 0 Å². The molecule has 33 heavy (non-hydrogen) atoms. The summed E-state index contributed by atoms with van der Waals surface area (Å²) in [5, 5.41) is 0. The molecule has 0 heterocycles. The first-order chi connectivity index (χ1) is 15.8. The van der Waals surface area contributed by atoms with E-state index >= 15 is 0 Å². The van der Waals surface area contributed by atoms with Crippen LogP contribution in [0.25, 0.3) is 11.1 Å². The third-order valence-corrected chi connectivity index (χ3v) is 6.43. The summed E-state index contributed by atoms with van der Waals surface area (Å²) in [6, 6.07) is 17.8. The molecule has 0 saturated carbocycles. The molecule has 0 aliphatic heterocycles. The molecule has 0 spiro atoms. The van der Waals surface area contributed by atoms with Crippen LogP contribution < -0.4 is 4.74 Å². The minimum Gasteiger partial charge on any atom is -0.406 e. The van der Waals surface area contributed by atoms with Crippen LogP contribution in [0, 0.1) is 5.82 Å². The lowest BCUT2D eigenvalue weighted by molar-refractivity contribution is -0.274. The summed E-state index contributed by atoms with van der Waals surface area (Å²) in [6.07, 6.45) is 2.15. The van der Waals surface area contributed by atoms with Crippen LogP contribution in [0.5, 0.6) is 5.75 Å². The van der Waals surface area contributed by atoms with Crippen molar-refractivity contribution in [2.45, 2.75) is 64.1 Å². The lowest BCUT2D eigenvalue weighted by atomic mass is 9.79. The van der Waals surface area contributed by atoms with Gasteiger partial charge in [0, 0.05) is 0 Å². The molecule has 0 bridgehead atoms. The number of benzene rings is 3. The average Bonchev–Trinajstić information content (AvgIpc) is 2.78. The molecule has 0 fully saturated rings. The number of fused-ring (bicyclic) bond motifs is 1. The van der Waals surface area contributed by atoms with E-state index < -0.39 is 6.36 Å². The largest absolute Gasteiger partial charge is 0.573 e. The smallest absolute Gasteiger partial charge is 0.406 e. The Morgan fingerprint density at radius 2 is 1.64 bits per heavy atom. The molecule has 0 N–H and O–H groups in total. The molecule has 3 aromatic carbocycles. The van der Waals surface area contributed by atoms with Gasteiger partial charge in [0.2, 0.25) is 0 Å². The summed E-state index contributed by atoms with van der Waals surface area (Å²) in [7, 11) is 0. The number of rotatable bonds is 7. The predicted molar refractivity (Wildman–Crippen MR) is 123 cm³/mol. The normalized spacial score (nSPS) is 15.8. The van der Waals surface area contributed by atoms with Crippen molar-refractivity contribution >= 4 is 0 Å². The highest BCUT2D eigenvalue weighted by Crippen LogP contribution is 2.36. The number of ether oxygens (including phenoxy) is 1. The van der Waals surface area contributed by atoms with Crippen LogP contribution in [-0.2, 0) is 19.3 Å². The van der Waals surface area contributed by atoms with Gasteiger partial charge in [-0.3, -0.25) is 0 Å². The van der Waals surface area contributed by atoms with E-state index in [9.17, 15) is 17.6 Å². The number of alkyl halides is 3. The van der Waals surface area contributed by atoms with E-state index in [1.807, 2.05) is 12.1 Å². The second-order valence-corrected chi connectivity index (χ2v) is 8.81. The minimum atomic E-state index is -4.70. The molecule has 1 atom stereocenters. The topological polar surface area (TPSA) is 9.23 Å². The first-order valence-electron chi connectivity index (χ1n) is 11.6. The third-order valence-electron chi connectivity index (χ3n) is 6.43. The Hall–Kier alpha value is -2.82. The number of hydrogen-bond donors (Lipinski definition) is 0. The van der Waals surface area contributed by atoms with E-state index in [0.717, 1.165) is 67.2 Å². The molecular formula is C28H28F4O. The second-order valence-electron chi connectivity index (χ2n) is 8.81. The SMILES string of the molecule is CCCCCc1ccc(C2CCc3cc(-c4ccc(OC(F)(F)F)cc4)ccc3C2)c(F)c1. The summed E-state index contributed by atoms with van der Waals surface area (Å²) < 4.78 is 55.9. The van der Waals surface area contributed by atoms with Gasteiger partial charge in [-0.15, -0.1) is 13.2 Å². The summed E-state index contributed by atoms with van der Waals surface area (Å²) in [4.78, 5) is 0. The molecule has 1 aliphatic rings. The van der Waals surface area contributed by atoms with Crippen LogP contribution in [0.4, 0.5) is 17.6 Å². The summed E-state index contributed by atoms with van der Waals surface area (Å²) in [5.41, 5.74) is 6.07. The molecule has 0 aromatic heterocycles. The van der Waals surface area contributed by atoms with Crippen molar-refractivity contribution in [3.63, 3.8) is 0 Å². The number of hydrogen-bond acceptors (Lipinski definition) is 1. The molecule has 3 aromatic rings. The van der Waals surface area contributed by atoms with E-state index in [4.69, 9.17) is 0 Å². The molecule has 0 saturated heterocycles. The van der Waals surface area contributed by atoms with Gasteiger partial charge in [0.15, 0.2) is 0 Å². The summed E-state index contributed by atoms with van der Waals surface area (Å²) in [6.45, 7) is 2.16. The Morgan fingerprint density at radius 1 is 0.879 bits per heavy atom. The van der Waals surface area contributed by atoms with Gasteiger partial charge < -0.3 is 4.74 Å². The van der Waals surface area contributed by atoms with E-state index in [-0.39, 0.29) is 17.5 Å². The van der Waals surface area contributed by atoms with Crippen LogP contribution in [0.1, 0.15) is 60.8 Å². The lowest BCUT2D eigenvalue weighted by Gasteiger charge is -2.26. The highest BCUT2D eigenvalue weighted by molar-refractivity contribution is 5.66. The van der Waals surface area contributed by atoms with Gasteiger partial charge in [-0.2, -0.15) is 0 Å². The maximum atomic E-state index is 14.9. The Labute approximate surface area is 192 Å². The molecule has 1 nitrogen and oxygen atoms in total. The summed E-state index contributed by atoms with van der Waals surface area (Å²) in [5.74, 6) is -0.174. The average molecular weight is 457 g/mol. The lowest BCUT2D eigenvalue weighted by Crippen LogP contribution is -2.16. The molecule has 0 amide bonds. The Bertz CT molecular complexity index is 1090. The quantitative estimate of drug-likeness (QED) is 0.256. The van der Waals surface area contributed by atoms with Gasteiger partial charge in [-0.25, -0.2) is 4.39 Å². The van der Waals surface area contributed by atoms with Crippen molar-refractivity contribution in [3.05, 3.63) is 88.7 Å². The number of halogens is 4. The van der Waals surface area contributed by atoms with Crippen molar-refractivity contribution in [1.29, 1.82) is 0 Å². The molecule has 1 aliphatic carbocycles.